The molecule has 2 heterocycles. The van der Waals surface area contributed by atoms with Crippen molar-refractivity contribution in [1.82, 2.24) is 15.1 Å². The number of likely N-dealkylation sites (N-methyl/N-ethyl adjacent to an activating group) is 1. The summed E-state index contributed by atoms with van der Waals surface area (Å²) in [7, 11) is 2.31. The zero-order valence-electron chi connectivity index (χ0n) is 12.3. The number of nitrogens with one attached hydrogen (secondary N) is 1. The average Bonchev–Trinajstić information content (AvgIpc) is 2.39. The van der Waals surface area contributed by atoms with Gasteiger partial charge in [0.25, 0.3) is 0 Å². The molecule has 2 unspecified atom stereocenters. The molecule has 3 nitrogen and oxygen atoms in total. The Morgan fingerprint density at radius 1 is 1.11 bits per heavy atom. The molecule has 18 heavy (non-hydrogen) atoms. The minimum Gasteiger partial charge on any atom is -0.313 e. The lowest BCUT2D eigenvalue weighted by Gasteiger charge is -2.37. The molecule has 1 N–H and O–H groups in total. The summed E-state index contributed by atoms with van der Waals surface area (Å²) >= 11 is 0. The summed E-state index contributed by atoms with van der Waals surface area (Å²) in [6.45, 7) is 8.53. The van der Waals surface area contributed by atoms with Gasteiger partial charge in [-0.25, -0.2) is 0 Å². The van der Waals surface area contributed by atoms with Gasteiger partial charge >= 0.3 is 0 Å². The monoisotopic (exact) mass is 253 g/mol. The standard InChI is InChI=1S/C15H31N3/c1-3-16-14-7-6-11-18(13-14)12-9-15-8-4-5-10-17(15)2/h14-16H,3-13H2,1-2H3. The molecule has 2 aliphatic rings. The number of rotatable bonds is 5. The van der Waals surface area contributed by atoms with Crippen molar-refractivity contribution in [2.75, 3.05) is 39.8 Å². The Balaban J connectivity index is 1.69. The van der Waals surface area contributed by atoms with Crippen LogP contribution in [0.15, 0.2) is 0 Å². The molecule has 0 aliphatic carbocycles. The van der Waals surface area contributed by atoms with Crippen LogP contribution < -0.4 is 5.32 Å². The van der Waals surface area contributed by atoms with Crippen molar-refractivity contribution in [1.29, 1.82) is 0 Å². The smallest absolute Gasteiger partial charge is 0.0195 e. The number of likely N-dealkylation sites (tertiary alicyclic amines) is 2. The van der Waals surface area contributed by atoms with Crippen LogP contribution in [0.1, 0.15) is 45.4 Å². The molecule has 0 amide bonds. The second kappa shape index (κ2) is 7.46. The number of nitrogens with zero attached hydrogens (tertiary/aromatic N) is 2. The van der Waals surface area contributed by atoms with Crippen molar-refractivity contribution >= 4 is 0 Å². The van der Waals surface area contributed by atoms with Crippen LogP contribution in [0.4, 0.5) is 0 Å². The molecule has 3 heteroatoms. The van der Waals surface area contributed by atoms with Gasteiger partial charge in [0.1, 0.15) is 0 Å². The van der Waals surface area contributed by atoms with Crippen molar-refractivity contribution in [3.05, 3.63) is 0 Å². The van der Waals surface area contributed by atoms with Crippen molar-refractivity contribution in [2.24, 2.45) is 0 Å². The van der Waals surface area contributed by atoms with Gasteiger partial charge in [-0.05, 0) is 65.3 Å². The second-order valence-corrected chi connectivity index (χ2v) is 6.12. The first-order chi connectivity index (χ1) is 8.79. The Morgan fingerprint density at radius 3 is 2.78 bits per heavy atom. The number of piperidine rings is 2. The van der Waals surface area contributed by atoms with E-state index in [1.165, 1.54) is 64.7 Å². The molecule has 0 aromatic heterocycles. The fourth-order valence-electron chi connectivity index (χ4n) is 3.55. The van der Waals surface area contributed by atoms with Crippen molar-refractivity contribution in [3.8, 4) is 0 Å². The third-order valence-corrected chi connectivity index (χ3v) is 4.70. The zero-order valence-corrected chi connectivity index (χ0v) is 12.3. The molecule has 0 saturated carbocycles. The van der Waals surface area contributed by atoms with Crippen LogP contribution in [0, 0.1) is 0 Å². The van der Waals surface area contributed by atoms with Crippen molar-refractivity contribution < 1.29 is 0 Å². The summed E-state index contributed by atoms with van der Waals surface area (Å²) in [4.78, 5) is 5.26. The average molecular weight is 253 g/mol. The molecule has 0 spiro atoms. The molecule has 2 fully saturated rings. The van der Waals surface area contributed by atoms with E-state index in [2.05, 4.69) is 29.1 Å². The van der Waals surface area contributed by atoms with E-state index in [-0.39, 0.29) is 0 Å². The Kier molecular flexibility index (Phi) is 5.93. The lowest BCUT2D eigenvalue weighted by Crippen LogP contribution is -2.47. The lowest BCUT2D eigenvalue weighted by atomic mass is 9.99. The summed E-state index contributed by atoms with van der Waals surface area (Å²) in [5.41, 5.74) is 0. The van der Waals surface area contributed by atoms with Gasteiger partial charge in [0.2, 0.25) is 0 Å². The van der Waals surface area contributed by atoms with E-state index in [1.807, 2.05) is 0 Å². The zero-order chi connectivity index (χ0) is 12.8. The van der Waals surface area contributed by atoms with Crippen LogP contribution in [0.25, 0.3) is 0 Å². The maximum atomic E-state index is 3.61. The molecule has 0 bridgehead atoms. The van der Waals surface area contributed by atoms with Crippen molar-refractivity contribution in [3.63, 3.8) is 0 Å². The fourth-order valence-corrected chi connectivity index (χ4v) is 3.55. The van der Waals surface area contributed by atoms with Crippen LogP contribution in [0.3, 0.4) is 0 Å². The number of hydrogen-bond donors (Lipinski definition) is 1. The topological polar surface area (TPSA) is 18.5 Å². The Hall–Kier alpha value is -0.120. The molecule has 0 radical (unpaired) electrons. The van der Waals surface area contributed by atoms with E-state index in [4.69, 9.17) is 0 Å². The predicted octanol–water partition coefficient (Wildman–Crippen LogP) is 1.93. The van der Waals surface area contributed by atoms with Gasteiger partial charge in [-0.15, -0.1) is 0 Å². The van der Waals surface area contributed by atoms with E-state index >= 15 is 0 Å². The lowest BCUT2D eigenvalue weighted by molar-refractivity contribution is 0.136. The van der Waals surface area contributed by atoms with Gasteiger partial charge in [0.15, 0.2) is 0 Å². The predicted molar refractivity (Wildman–Crippen MR) is 78.0 cm³/mol. The van der Waals surface area contributed by atoms with Crippen LogP contribution in [-0.4, -0.2) is 61.7 Å². The highest BCUT2D eigenvalue weighted by Crippen LogP contribution is 2.19. The number of hydrogen-bond acceptors (Lipinski definition) is 3. The van der Waals surface area contributed by atoms with Gasteiger partial charge in [0.05, 0.1) is 0 Å². The Morgan fingerprint density at radius 2 is 2.00 bits per heavy atom. The SMILES string of the molecule is CCNC1CCCN(CCC2CCCCN2C)C1. The first-order valence-corrected chi connectivity index (χ1v) is 7.95. The molecule has 2 aliphatic heterocycles. The quantitative estimate of drug-likeness (QED) is 0.808. The molecule has 0 aromatic rings. The summed E-state index contributed by atoms with van der Waals surface area (Å²) in [5.74, 6) is 0. The summed E-state index contributed by atoms with van der Waals surface area (Å²) in [6, 6.07) is 1.59. The minimum atomic E-state index is 0.743. The fraction of sp³-hybridized carbons (Fsp3) is 1.00. The van der Waals surface area contributed by atoms with Crippen LogP contribution in [0.2, 0.25) is 0 Å². The largest absolute Gasteiger partial charge is 0.313 e. The minimum absolute atomic E-state index is 0.743. The highest BCUT2D eigenvalue weighted by molar-refractivity contribution is 4.80. The van der Waals surface area contributed by atoms with Gasteiger partial charge in [-0.3, -0.25) is 0 Å². The summed E-state index contributed by atoms with van der Waals surface area (Å²) < 4.78 is 0. The van der Waals surface area contributed by atoms with Crippen molar-refractivity contribution in [2.45, 2.75) is 57.5 Å². The first kappa shape index (κ1) is 14.3. The second-order valence-electron chi connectivity index (χ2n) is 6.12. The molecule has 106 valence electrons. The Labute approximate surface area is 113 Å². The maximum Gasteiger partial charge on any atom is 0.0195 e. The highest BCUT2D eigenvalue weighted by Gasteiger charge is 2.22. The first-order valence-electron chi connectivity index (χ1n) is 7.95. The van der Waals surface area contributed by atoms with E-state index in [0.29, 0.717) is 0 Å². The van der Waals surface area contributed by atoms with Gasteiger partial charge in [-0.2, -0.15) is 0 Å². The summed E-state index contributed by atoms with van der Waals surface area (Å²) in [6.07, 6.45) is 8.37. The molecular weight excluding hydrogens is 222 g/mol. The highest BCUT2D eigenvalue weighted by atomic mass is 15.2. The normalized spacial score (nSPS) is 31.7. The molecule has 2 atom stereocenters. The van der Waals surface area contributed by atoms with E-state index < -0.39 is 0 Å². The summed E-state index contributed by atoms with van der Waals surface area (Å²) in [5, 5.41) is 3.61. The molecule has 0 aromatic carbocycles. The molecule has 2 saturated heterocycles. The van der Waals surface area contributed by atoms with E-state index in [1.54, 1.807) is 0 Å². The third kappa shape index (κ3) is 4.22. The Bertz CT molecular complexity index is 230. The van der Waals surface area contributed by atoms with Crippen LogP contribution in [0.5, 0.6) is 0 Å². The van der Waals surface area contributed by atoms with Crippen LogP contribution in [-0.2, 0) is 0 Å². The van der Waals surface area contributed by atoms with Gasteiger partial charge < -0.3 is 15.1 Å². The van der Waals surface area contributed by atoms with Gasteiger partial charge in [-0.1, -0.05) is 13.3 Å². The van der Waals surface area contributed by atoms with E-state index in [0.717, 1.165) is 18.6 Å². The maximum absolute atomic E-state index is 3.61. The van der Waals surface area contributed by atoms with E-state index in [9.17, 15) is 0 Å². The third-order valence-electron chi connectivity index (χ3n) is 4.70. The van der Waals surface area contributed by atoms with Crippen LogP contribution >= 0.6 is 0 Å². The van der Waals surface area contributed by atoms with Gasteiger partial charge in [0, 0.05) is 18.6 Å². The molecule has 2 rings (SSSR count). The molecular formula is C15H31N3.